The second-order valence-corrected chi connectivity index (χ2v) is 3.94. The molecule has 0 aromatic carbocycles. The Labute approximate surface area is 104 Å². The molecule has 1 aromatic heterocycles. The lowest BCUT2D eigenvalue weighted by molar-refractivity contribution is -0.389. The molecule has 1 rings (SSSR count). The van der Waals surface area contributed by atoms with Crippen molar-refractivity contribution in [3.63, 3.8) is 0 Å². The van der Waals surface area contributed by atoms with E-state index in [9.17, 15) is 32.1 Å². The Morgan fingerprint density at radius 3 is 2.29 bits per heavy atom. The lowest BCUT2D eigenvalue weighted by Gasteiger charge is -2.09. The summed E-state index contributed by atoms with van der Waals surface area (Å²) >= 11 is 1.19. The van der Waals surface area contributed by atoms with Gasteiger partial charge in [-0.25, -0.2) is 13.8 Å². The normalized spacial score (nSPS) is 11.9. The Balaban J connectivity index is 3.57. The van der Waals surface area contributed by atoms with Gasteiger partial charge in [0.15, 0.2) is 0 Å². The first-order valence-electron chi connectivity index (χ1n) is 3.84. The number of alkyl halides is 5. The fraction of sp³-hybridized carbons (Fsp3) is 0.286. The standard InChI is InChI=1S/C7H2F5IN2O2/c8-6(9)3-1-2(13)4(15(16)17)5(14-3)7(10,11)12/h1,6H. The molecule has 0 aliphatic rings. The third kappa shape index (κ3) is 2.98. The van der Waals surface area contributed by atoms with Crippen molar-refractivity contribution >= 4 is 28.3 Å². The van der Waals surface area contributed by atoms with Gasteiger partial charge in [0, 0.05) is 0 Å². The second-order valence-electron chi connectivity index (χ2n) is 2.78. The molecular formula is C7H2F5IN2O2. The molecule has 0 bridgehead atoms. The van der Waals surface area contributed by atoms with Crippen molar-refractivity contribution in [1.29, 1.82) is 0 Å². The van der Waals surface area contributed by atoms with Gasteiger partial charge < -0.3 is 0 Å². The smallest absolute Gasteiger partial charge is 0.258 e. The molecule has 1 aromatic rings. The highest BCUT2D eigenvalue weighted by Gasteiger charge is 2.42. The highest BCUT2D eigenvalue weighted by Crippen LogP contribution is 2.38. The zero-order chi connectivity index (χ0) is 13.4. The first-order chi connectivity index (χ1) is 7.64. The van der Waals surface area contributed by atoms with E-state index >= 15 is 0 Å². The van der Waals surface area contributed by atoms with Gasteiger partial charge in [-0.15, -0.1) is 0 Å². The van der Waals surface area contributed by atoms with E-state index in [-0.39, 0.29) is 0 Å². The van der Waals surface area contributed by atoms with Crippen molar-refractivity contribution in [3.8, 4) is 0 Å². The van der Waals surface area contributed by atoms with Gasteiger partial charge in [0.25, 0.3) is 6.43 Å². The summed E-state index contributed by atoms with van der Waals surface area (Å²) in [5.74, 6) is 0. The first-order valence-corrected chi connectivity index (χ1v) is 4.92. The van der Waals surface area contributed by atoms with Gasteiger partial charge in [0.1, 0.15) is 5.69 Å². The number of halogens is 6. The summed E-state index contributed by atoms with van der Waals surface area (Å²) in [4.78, 5) is 11.7. The van der Waals surface area contributed by atoms with Gasteiger partial charge >= 0.3 is 11.9 Å². The minimum Gasteiger partial charge on any atom is -0.258 e. The molecule has 0 N–H and O–H groups in total. The maximum Gasteiger partial charge on any atom is 0.440 e. The summed E-state index contributed by atoms with van der Waals surface area (Å²) in [5, 5.41) is 10.4. The number of nitro groups is 1. The van der Waals surface area contributed by atoms with Crippen LogP contribution in [0.25, 0.3) is 0 Å². The van der Waals surface area contributed by atoms with E-state index in [2.05, 4.69) is 4.98 Å². The Morgan fingerprint density at radius 1 is 1.41 bits per heavy atom. The summed E-state index contributed by atoms with van der Waals surface area (Å²) in [6, 6.07) is 0.554. The van der Waals surface area contributed by atoms with Crippen molar-refractivity contribution in [1.82, 2.24) is 4.98 Å². The Kier molecular flexibility index (Phi) is 3.84. The lowest BCUT2D eigenvalue weighted by Crippen LogP contribution is -2.14. The van der Waals surface area contributed by atoms with Crippen LogP contribution in [0, 0.1) is 13.7 Å². The van der Waals surface area contributed by atoms with E-state index < -0.39 is 38.2 Å². The van der Waals surface area contributed by atoms with Crippen molar-refractivity contribution < 1.29 is 26.9 Å². The van der Waals surface area contributed by atoms with Crippen LogP contribution in [-0.2, 0) is 6.18 Å². The van der Waals surface area contributed by atoms with Crippen molar-refractivity contribution in [3.05, 3.63) is 31.1 Å². The molecule has 94 valence electrons. The molecule has 0 aliphatic carbocycles. The summed E-state index contributed by atoms with van der Waals surface area (Å²) in [6.45, 7) is 0. The molecule has 0 unspecified atom stereocenters. The highest BCUT2D eigenvalue weighted by molar-refractivity contribution is 14.1. The number of aromatic nitrogens is 1. The van der Waals surface area contributed by atoms with Gasteiger partial charge in [0.05, 0.1) is 8.49 Å². The maximum atomic E-state index is 12.4. The molecule has 0 saturated heterocycles. The average Bonchev–Trinajstić information content (AvgIpc) is 2.14. The molecular weight excluding hydrogens is 366 g/mol. The second kappa shape index (κ2) is 4.66. The quantitative estimate of drug-likeness (QED) is 0.347. The van der Waals surface area contributed by atoms with Crippen LogP contribution in [0.4, 0.5) is 27.6 Å². The summed E-state index contributed by atoms with van der Waals surface area (Å²) in [7, 11) is 0. The molecule has 17 heavy (non-hydrogen) atoms. The molecule has 1 heterocycles. The van der Waals surface area contributed by atoms with Gasteiger partial charge in [-0.2, -0.15) is 13.2 Å². The molecule has 0 atom stereocenters. The van der Waals surface area contributed by atoms with Crippen LogP contribution in [0.1, 0.15) is 17.8 Å². The third-order valence-corrected chi connectivity index (χ3v) is 2.46. The third-order valence-electron chi connectivity index (χ3n) is 1.64. The highest BCUT2D eigenvalue weighted by atomic mass is 127. The van der Waals surface area contributed by atoms with E-state index in [1.807, 2.05) is 0 Å². The molecule has 0 aliphatic heterocycles. The number of hydrogen-bond donors (Lipinski definition) is 0. The molecule has 4 nitrogen and oxygen atoms in total. The number of nitrogens with zero attached hydrogens (tertiary/aromatic N) is 2. The summed E-state index contributed by atoms with van der Waals surface area (Å²) in [6.07, 6.45) is -8.39. The van der Waals surface area contributed by atoms with Crippen LogP contribution in [0.2, 0.25) is 0 Å². The van der Waals surface area contributed by atoms with Gasteiger partial charge in [-0.1, -0.05) is 0 Å². The van der Waals surface area contributed by atoms with Crippen molar-refractivity contribution in [2.45, 2.75) is 12.6 Å². The molecule has 0 amide bonds. The van der Waals surface area contributed by atoms with E-state index in [1.54, 1.807) is 0 Å². The topological polar surface area (TPSA) is 56.0 Å². The minimum absolute atomic E-state index is 0.537. The monoisotopic (exact) mass is 368 g/mol. The zero-order valence-corrected chi connectivity index (χ0v) is 9.79. The van der Waals surface area contributed by atoms with Crippen LogP contribution in [0.5, 0.6) is 0 Å². The molecule has 0 fully saturated rings. The number of rotatable bonds is 2. The van der Waals surface area contributed by atoms with Gasteiger partial charge in [-0.05, 0) is 28.7 Å². The molecule has 0 spiro atoms. The Bertz CT molecular complexity index is 462. The predicted octanol–water partition coefficient (Wildman–Crippen LogP) is 3.55. The van der Waals surface area contributed by atoms with Crippen LogP contribution in [-0.4, -0.2) is 9.91 Å². The number of pyridine rings is 1. The molecule has 0 saturated carbocycles. The van der Waals surface area contributed by atoms with Crippen LogP contribution in [0.3, 0.4) is 0 Å². The average molecular weight is 368 g/mol. The zero-order valence-electron chi connectivity index (χ0n) is 7.63. The fourth-order valence-corrected chi connectivity index (χ4v) is 1.78. The molecule has 10 heteroatoms. The SMILES string of the molecule is O=[N+]([O-])c1c(I)cc(C(F)F)nc1C(F)(F)F. The predicted molar refractivity (Wildman–Crippen MR) is 53.6 cm³/mol. The summed E-state index contributed by atoms with van der Waals surface area (Å²) < 4.78 is 61.2. The van der Waals surface area contributed by atoms with Crippen molar-refractivity contribution in [2.24, 2.45) is 0 Å². The number of hydrogen-bond acceptors (Lipinski definition) is 3. The largest absolute Gasteiger partial charge is 0.440 e. The van der Waals surface area contributed by atoms with E-state index in [1.165, 1.54) is 22.6 Å². The molecule has 0 radical (unpaired) electrons. The van der Waals surface area contributed by atoms with E-state index in [0.717, 1.165) is 0 Å². The maximum absolute atomic E-state index is 12.4. The van der Waals surface area contributed by atoms with E-state index in [4.69, 9.17) is 0 Å². The van der Waals surface area contributed by atoms with Crippen LogP contribution < -0.4 is 0 Å². The van der Waals surface area contributed by atoms with Crippen LogP contribution >= 0.6 is 22.6 Å². The first kappa shape index (κ1) is 14.0. The summed E-state index contributed by atoms with van der Waals surface area (Å²) in [5.41, 5.74) is -4.38. The lowest BCUT2D eigenvalue weighted by atomic mass is 10.2. The van der Waals surface area contributed by atoms with Gasteiger partial charge in [-0.3, -0.25) is 10.1 Å². The van der Waals surface area contributed by atoms with Crippen molar-refractivity contribution in [2.75, 3.05) is 0 Å². The Hall–Kier alpha value is -1.07. The van der Waals surface area contributed by atoms with Crippen LogP contribution in [0.15, 0.2) is 6.07 Å². The fourth-order valence-electron chi connectivity index (χ4n) is 1.01. The van der Waals surface area contributed by atoms with E-state index in [0.29, 0.717) is 6.07 Å². The minimum atomic E-state index is -5.16. The Morgan fingerprint density at radius 2 is 1.94 bits per heavy atom. The van der Waals surface area contributed by atoms with Gasteiger partial charge in [0.2, 0.25) is 5.69 Å².